The maximum atomic E-state index is 12.2. The Morgan fingerprint density at radius 2 is 2.24 bits per heavy atom. The summed E-state index contributed by atoms with van der Waals surface area (Å²) in [7, 11) is 0. The fourth-order valence-electron chi connectivity index (χ4n) is 2.34. The number of carbonyl (C=O) groups is 2. The van der Waals surface area contributed by atoms with Gasteiger partial charge in [-0.1, -0.05) is 6.07 Å². The summed E-state index contributed by atoms with van der Waals surface area (Å²) in [6, 6.07) is 5.86. The molecular weight excluding hydrogens is 270 g/mol. The van der Waals surface area contributed by atoms with Crippen LogP contribution < -0.4 is 0 Å². The van der Waals surface area contributed by atoms with Crippen molar-refractivity contribution >= 4 is 17.5 Å². The van der Waals surface area contributed by atoms with Crippen LogP contribution in [0.25, 0.3) is 5.65 Å². The van der Waals surface area contributed by atoms with Gasteiger partial charge in [-0.3, -0.25) is 4.79 Å². The zero-order chi connectivity index (χ0) is 14.8. The van der Waals surface area contributed by atoms with Crippen LogP contribution in [0.2, 0.25) is 0 Å². The van der Waals surface area contributed by atoms with Gasteiger partial charge < -0.3 is 14.0 Å². The second-order valence-corrected chi connectivity index (χ2v) is 5.06. The summed E-state index contributed by atoms with van der Waals surface area (Å²) < 4.78 is 6.74. The first-order valence-corrected chi connectivity index (χ1v) is 7.09. The van der Waals surface area contributed by atoms with Gasteiger partial charge in [0.05, 0.1) is 25.0 Å². The van der Waals surface area contributed by atoms with E-state index in [0.717, 1.165) is 24.2 Å². The van der Waals surface area contributed by atoms with Crippen molar-refractivity contribution in [2.24, 2.45) is 0 Å². The third kappa shape index (κ3) is 2.74. The first kappa shape index (κ1) is 13.6. The van der Waals surface area contributed by atoms with Gasteiger partial charge in [0.15, 0.2) is 0 Å². The van der Waals surface area contributed by atoms with E-state index in [0.29, 0.717) is 6.54 Å². The molecular formula is C15H17N3O3. The van der Waals surface area contributed by atoms with Crippen molar-refractivity contribution < 1.29 is 14.3 Å². The fourth-order valence-corrected chi connectivity index (χ4v) is 2.34. The predicted octanol–water partition coefficient (Wildman–Crippen LogP) is 1.39. The average Bonchev–Trinajstić information content (AvgIpc) is 3.26. The van der Waals surface area contributed by atoms with E-state index >= 15 is 0 Å². The third-order valence-electron chi connectivity index (χ3n) is 3.52. The van der Waals surface area contributed by atoms with Gasteiger partial charge in [-0.15, -0.1) is 0 Å². The molecule has 6 heteroatoms. The Labute approximate surface area is 122 Å². The number of fused-ring (bicyclic) bond motifs is 1. The van der Waals surface area contributed by atoms with Crippen LogP contribution in [-0.2, 0) is 20.9 Å². The Kier molecular flexibility index (Phi) is 3.60. The number of hydrogen-bond donors (Lipinski definition) is 0. The minimum atomic E-state index is -0.779. The largest absolute Gasteiger partial charge is 0.459 e. The van der Waals surface area contributed by atoms with Crippen LogP contribution >= 0.6 is 0 Å². The number of nitrogens with zero attached hydrogens (tertiary/aromatic N) is 3. The first-order valence-electron chi connectivity index (χ1n) is 7.09. The molecule has 1 saturated carbocycles. The molecule has 1 fully saturated rings. The Morgan fingerprint density at radius 1 is 1.43 bits per heavy atom. The predicted molar refractivity (Wildman–Crippen MR) is 75.4 cm³/mol. The minimum absolute atomic E-state index is 0.135. The molecule has 0 aromatic carbocycles. The number of rotatable bonds is 4. The molecule has 110 valence electrons. The van der Waals surface area contributed by atoms with Crippen LogP contribution in [0.4, 0.5) is 0 Å². The lowest BCUT2D eigenvalue weighted by Gasteiger charge is -2.20. The van der Waals surface area contributed by atoms with E-state index in [1.54, 1.807) is 18.0 Å². The van der Waals surface area contributed by atoms with Crippen molar-refractivity contribution in [2.75, 3.05) is 6.61 Å². The van der Waals surface area contributed by atoms with E-state index in [1.807, 2.05) is 28.8 Å². The number of amides is 1. The Balaban J connectivity index is 1.82. The normalized spacial score (nSPS) is 14.1. The van der Waals surface area contributed by atoms with Crippen molar-refractivity contribution in [3.63, 3.8) is 0 Å². The number of imidazole rings is 1. The average molecular weight is 287 g/mol. The lowest BCUT2D eigenvalue weighted by molar-refractivity contribution is -0.160. The topological polar surface area (TPSA) is 63.9 Å². The summed E-state index contributed by atoms with van der Waals surface area (Å²) in [6.45, 7) is 2.27. The molecule has 0 bridgehead atoms. The van der Waals surface area contributed by atoms with Crippen LogP contribution in [0, 0.1) is 0 Å². The molecule has 21 heavy (non-hydrogen) atoms. The molecule has 0 N–H and O–H groups in total. The lowest BCUT2D eigenvalue weighted by Crippen LogP contribution is -2.39. The highest BCUT2D eigenvalue weighted by Crippen LogP contribution is 2.28. The van der Waals surface area contributed by atoms with Crippen LogP contribution in [0.15, 0.2) is 30.6 Å². The molecule has 2 aromatic rings. The maximum Gasteiger partial charge on any atom is 0.397 e. The highest BCUT2D eigenvalue weighted by molar-refractivity contribution is 6.32. The summed E-state index contributed by atoms with van der Waals surface area (Å²) in [4.78, 5) is 29.8. The molecule has 0 spiro atoms. The zero-order valence-corrected chi connectivity index (χ0v) is 11.9. The molecule has 6 nitrogen and oxygen atoms in total. The minimum Gasteiger partial charge on any atom is -0.459 e. The number of esters is 1. The SMILES string of the molecule is CCOC(=O)C(=O)N(Cc1cnc2ccccn12)C1CC1. The van der Waals surface area contributed by atoms with E-state index in [2.05, 4.69) is 4.98 Å². The van der Waals surface area contributed by atoms with E-state index < -0.39 is 11.9 Å². The third-order valence-corrected chi connectivity index (χ3v) is 3.52. The van der Waals surface area contributed by atoms with Crippen LogP contribution in [0.3, 0.4) is 0 Å². The van der Waals surface area contributed by atoms with Gasteiger partial charge in [0.1, 0.15) is 5.65 Å². The van der Waals surface area contributed by atoms with E-state index in [1.165, 1.54) is 0 Å². The van der Waals surface area contributed by atoms with E-state index in [9.17, 15) is 9.59 Å². The van der Waals surface area contributed by atoms with Crippen molar-refractivity contribution in [1.82, 2.24) is 14.3 Å². The van der Waals surface area contributed by atoms with Gasteiger partial charge in [0.25, 0.3) is 0 Å². The number of aromatic nitrogens is 2. The molecule has 0 saturated heterocycles. The summed E-state index contributed by atoms with van der Waals surface area (Å²) in [5, 5.41) is 0. The smallest absolute Gasteiger partial charge is 0.397 e. The van der Waals surface area contributed by atoms with Crippen molar-refractivity contribution in [1.29, 1.82) is 0 Å². The molecule has 1 aliphatic carbocycles. The molecule has 1 aliphatic rings. The van der Waals surface area contributed by atoms with Crippen LogP contribution in [0.5, 0.6) is 0 Å². The van der Waals surface area contributed by atoms with Crippen molar-refractivity contribution in [2.45, 2.75) is 32.4 Å². The molecule has 0 atom stereocenters. The molecule has 1 amide bonds. The van der Waals surface area contributed by atoms with Gasteiger partial charge in [-0.2, -0.15) is 0 Å². The van der Waals surface area contributed by atoms with Crippen LogP contribution in [-0.4, -0.2) is 38.8 Å². The van der Waals surface area contributed by atoms with Gasteiger partial charge in [0, 0.05) is 12.2 Å². The summed E-state index contributed by atoms with van der Waals surface area (Å²) in [5.74, 6) is -1.34. The van der Waals surface area contributed by atoms with Crippen LogP contribution in [0.1, 0.15) is 25.5 Å². The highest BCUT2D eigenvalue weighted by Gasteiger charge is 2.36. The molecule has 3 rings (SSSR count). The van der Waals surface area contributed by atoms with Gasteiger partial charge in [-0.25, -0.2) is 9.78 Å². The second kappa shape index (κ2) is 5.55. The highest BCUT2D eigenvalue weighted by atomic mass is 16.5. The Bertz CT molecular complexity index is 676. The quantitative estimate of drug-likeness (QED) is 0.629. The molecule has 0 radical (unpaired) electrons. The lowest BCUT2D eigenvalue weighted by atomic mass is 10.3. The Hall–Kier alpha value is -2.37. The standard InChI is InChI=1S/C15H17N3O3/c1-2-21-15(20)14(19)18(11-6-7-11)10-12-9-16-13-5-3-4-8-17(12)13/h3-5,8-9,11H,2,6-7,10H2,1H3. The fraction of sp³-hybridized carbons (Fsp3) is 0.400. The molecule has 2 aromatic heterocycles. The molecule has 0 aliphatic heterocycles. The van der Waals surface area contributed by atoms with Gasteiger partial charge in [0.2, 0.25) is 0 Å². The number of ether oxygens (including phenoxy) is 1. The molecule has 0 unspecified atom stereocenters. The maximum absolute atomic E-state index is 12.2. The molecule has 2 heterocycles. The zero-order valence-electron chi connectivity index (χ0n) is 11.9. The summed E-state index contributed by atoms with van der Waals surface area (Å²) >= 11 is 0. The van der Waals surface area contributed by atoms with E-state index in [4.69, 9.17) is 4.74 Å². The Morgan fingerprint density at radius 3 is 2.95 bits per heavy atom. The summed E-state index contributed by atoms with van der Waals surface area (Å²) in [6.07, 6.45) is 5.50. The number of carbonyl (C=O) groups excluding carboxylic acids is 2. The van der Waals surface area contributed by atoms with E-state index in [-0.39, 0.29) is 12.6 Å². The van der Waals surface area contributed by atoms with Gasteiger partial charge in [-0.05, 0) is 31.9 Å². The number of pyridine rings is 1. The van der Waals surface area contributed by atoms with Gasteiger partial charge >= 0.3 is 11.9 Å². The van der Waals surface area contributed by atoms with Crippen molar-refractivity contribution in [3.8, 4) is 0 Å². The number of hydrogen-bond acceptors (Lipinski definition) is 4. The van der Waals surface area contributed by atoms with Crippen molar-refractivity contribution in [3.05, 3.63) is 36.3 Å². The second-order valence-electron chi connectivity index (χ2n) is 5.06. The monoisotopic (exact) mass is 287 g/mol. The first-order chi connectivity index (χ1) is 10.2. The summed E-state index contributed by atoms with van der Waals surface area (Å²) in [5.41, 5.74) is 1.71.